The first-order chi connectivity index (χ1) is 49.4. The zero-order chi connectivity index (χ0) is 75.6. The molecule has 0 aliphatic carbocycles. The van der Waals surface area contributed by atoms with Gasteiger partial charge in [-0.15, -0.1) is 0 Å². The molecule has 0 radical (unpaired) electrons. The number of rotatable bonds is 53. The lowest BCUT2D eigenvalue weighted by molar-refractivity contribution is -0.270. The molecule has 35 heteroatoms. The molecule has 0 aromatic heterocycles. The van der Waals surface area contributed by atoms with Crippen molar-refractivity contribution in [1.82, 2.24) is 47.9 Å². The third kappa shape index (κ3) is 33.8. The first kappa shape index (κ1) is 90.4. The number of ether oxygens (including phenoxy) is 7. The molecule has 4 fully saturated rings. The van der Waals surface area contributed by atoms with Crippen LogP contribution < -0.4 is 47.9 Å². The number of unbranched alkanes of at least 4 members (excludes halogenated alkanes) is 16. The van der Waals surface area contributed by atoms with E-state index >= 15 is 0 Å². The van der Waals surface area contributed by atoms with Crippen LogP contribution in [0, 0.1) is 0 Å². The van der Waals surface area contributed by atoms with Gasteiger partial charge >= 0.3 is 0 Å². The van der Waals surface area contributed by atoms with E-state index in [-0.39, 0.29) is 82.8 Å². The van der Waals surface area contributed by atoms with Crippen molar-refractivity contribution in [2.24, 2.45) is 0 Å². The predicted octanol–water partition coefficient (Wildman–Crippen LogP) is -4.35. The molecule has 4 rings (SSSR count). The SMILES string of the molecule is CC(=O)NC1C(OCCCCCCNC(=O)CCC(NC(=O)CCC(NCCCCCCCCCCNC(=O)[C@H]2C[C@H](O)[C@@H](CO)O2)C(=O)NCCCCCCOC2OC(CO)C(O)C(O)C2NC(C)=O)C(=O)NCCCCCCOC2OC(CO)C(O)C(O)C2NC(C)=O)OC(CO)C(O)C1O. The monoisotopic (exact) mass is 1480 g/mol. The van der Waals surface area contributed by atoms with E-state index in [9.17, 15) is 94.5 Å². The van der Waals surface area contributed by atoms with Crippen LogP contribution >= 0.6 is 0 Å². The van der Waals surface area contributed by atoms with Crippen LogP contribution in [0.25, 0.3) is 0 Å². The van der Waals surface area contributed by atoms with Gasteiger partial charge in [-0.25, -0.2) is 0 Å². The molecule has 17 unspecified atom stereocenters. The van der Waals surface area contributed by atoms with Gasteiger partial charge in [0.25, 0.3) is 0 Å². The third-order valence-electron chi connectivity index (χ3n) is 18.5. The van der Waals surface area contributed by atoms with E-state index in [1.54, 1.807) is 0 Å². The van der Waals surface area contributed by atoms with Crippen molar-refractivity contribution >= 4 is 47.3 Å². The molecular formula is C68H123N9O26. The van der Waals surface area contributed by atoms with E-state index < -0.39 is 172 Å². The van der Waals surface area contributed by atoms with E-state index in [0.29, 0.717) is 103 Å². The molecule has 0 bridgehead atoms. The molecule has 4 aliphatic rings. The Morgan fingerprint density at radius 2 is 0.709 bits per heavy atom. The average molecular weight is 1480 g/mol. The topological polar surface area (TPSA) is 532 Å². The van der Waals surface area contributed by atoms with Crippen molar-refractivity contribution in [1.29, 1.82) is 0 Å². The third-order valence-corrected chi connectivity index (χ3v) is 18.5. The smallest absolute Gasteiger partial charge is 0.249 e. The molecule has 0 spiro atoms. The number of aliphatic hydroxyl groups is 11. The Hall–Kier alpha value is -5.00. The summed E-state index contributed by atoms with van der Waals surface area (Å²) in [4.78, 5) is 103. The molecule has 35 nitrogen and oxygen atoms in total. The van der Waals surface area contributed by atoms with E-state index in [1.807, 2.05) is 0 Å². The second-order valence-electron chi connectivity index (χ2n) is 27.1. The maximum Gasteiger partial charge on any atom is 0.249 e. The molecule has 0 aromatic rings. The molecule has 20 atom stereocenters. The molecule has 4 heterocycles. The van der Waals surface area contributed by atoms with Crippen LogP contribution in [0.2, 0.25) is 0 Å². The Labute approximate surface area is 603 Å². The van der Waals surface area contributed by atoms with Crippen LogP contribution in [0.3, 0.4) is 0 Å². The number of hydrogen-bond acceptors (Lipinski definition) is 27. The zero-order valence-electron chi connectivity index (χ0n) is 60.3. The summed E-state index contributed by atoms with van der Waals surface area (Å²) in [7, 11) is 0. The summed E-state index contributed by atoms with van der Waals surface area (Å²) in [5, 5.41) is 136. The largest absolute Gasteiger partial charge is 0.394 e. The fraction of sp³-hybridized carbons (Fsp3) is 0.882. The van der Waals surface area contributed by atoms with Crippen LogP contribution in [0.5, 0.6) is 0 Å². The second-order valence-corrected chi connectivity index (χ2v) is 27.1. The Bertz CT molecular complexity index is 2450. The van der Waals surface area contributed by atoms with Gasteiger partial charge in [0.1, 0.15) is 91.3 Å². The minimum Gasteiger partial charge on any atom is -0.394 e. The van der Waals surface area contributed by atoms with Crippen molar-refractivity contribution in [3.63, 3.8) is 0 Å². The lowest BCUT2D eigenvalue weighted by Gasteiger charge is -2.42. The van der Waals surface area contributed by atoms with E-state index in [4.69, 9.17) is 33.2 Å². The van der Waals surface area contributed by atoms with Gasteiger partial charge in [0.05, 0.1) is 38.6 Å². The van der Waals surface area contributed by atoms with Gasteiger partial charge in [-0.3, -0.25) is 38.4 Å². The van der Waals surface area contributed by atoms with Crippen LogP contribution in [0.15, 0.2) is 0 Å². The van der Waals surface area contributed by atoms with Crippen LogP contribution in [0.4, 0.5) is 0 Å². The number of carbonyl (C=O) groups excluding carboxylic acids is 8. The van der Waals surface area contributed by atoms with Crippen molar-refractivity contribution in [3.8, 4) is 0 Å². The highest BCUT2D eigenvalue weighted by Gasteiger charge is 2.48. The van der Waals surface area contributed by atoms with Crippen molar-refractivity contribution in [2.75, 3.05) is 79.0 Å². The zero-order valence-corrected chi connectivity index (χ0v) is 60.3. The lowest BCUT2D eigenvalue weighted by atomic mass is 9.97. The Morgan fingerprint density at radius 3 is 1.09 bits per heavy atom. The van der Waals surface area contributed by atoms with Crippen molar-refractivity contribution in [2.45, 2.75) is 304 Å². The van der Waals surface area contributed by atoms with Crippen LogP contribution in [-0.2, 0) is 71.5 Å². The standard InChI is InChI=1S/C68H123N9O26/c1-41(82)74-54-60(91)57(88)49(38-79)101-66(54)97-33-21-13-10-17-29-70-52(86)26-25-45(64(95)72-31-20-12-15-23-35-99-68-56(76-43(3)84)62(93)59(90)51(40-81)103-68)77-53(87)27-24-44(69-28-16-8-6-4-5-7-9-18-32-73-65(96)47-36-46(85)48(37-78)100-47)63(94)71-30-19-11-14-22-34-98-67-55(75-42(2)83)61(92)58(89)50(39-80)102-67/h44-51,54-62,66-69,78-81,85,88-93H,4-40H2,1-3H3,(H,70,86)(H,71,94)(H,72,95)(H,73,96)(H,74,82)(H,75,83)(H,76,84)(H,77,87)/t44?,45?,46-,47+,48+,49?,50?,51?,54?,55?,56?,57?,58?,59?,60?,61?,62?,66?,67?,68?/m0/s1. The Morgan fingerprint density at radius 1 is 0.379 bits per heavy atom. The van der Waals surface area contributed by atoms with E-state index in [1.165, 1.54) is 20.8 Å². The predicted molar refractivity (Wildman–Crippen MR) is 367 cm³/mol. The van der Waals surface area contributed by atoms with Gasteiger partial charge in [-0.1, -0.05) is 77.0 Å². The summed E-state index contributed by atoms with van der Waals surface area (Å²) in [6, 6.07) is -5.13. The van der Waals surface area contributed by atoms with Crippen LogP contribution in [-0.4, -0.2) is 305 Å². The van der Waals surface area contributed by atoms with Crippen molar-refractivity contribution < 1.29 is 128 Å². The summed E-state index contributed by atoms with van der Waals surface area (Å²) < 4.78 is 39.7. The summed E-state index contributed by atoms with van der Waals surface area (Å²) in [6.45, 7) is 3.92. The Balaban J connectivity index is 1.29. The number of amides is 8. The second kappa shape index (κ2) is 51.3. The number of aliphatic hydroxyl groups excluding tert-OH is 11. The lowest BCUT2D eigenvalue weighted by Crippen LogP contribution is -2.64. The maximum atomic E-state index is 13.9. The fourth-order valence-corrected chi connectivity index (χ4v) is 12.6. The first-order valence-corrected chi connectivity index (χ1v) is 37.0. The first-order valence-electron chi connectivity index (χ1n) is 37.0. The van der Waals surface area contributed by atoms with Gasteiger partial charge in [0, 0.05) is 86.0 Å². The molecule has 0 saturated carbocycles. The Kier molecular flexibility index (Phi) is 45.0. The molecule has 0 aromatic carbocycles. The number of hydrogen-bond donors (Lipinski definition) is 20. The normalized spacial score (nSPS) is 28.3. The summed E-state index contributed by atoms with van der Waals surface area (Å²) in [5.41, 5.74) is 0. The van der Waals surface area contributed by atoms with Gasteiger partial charge in [-0.2, -0.15) is 0 Å². The molecule has 8 amide bonds. The van der Waals surface area contributed by atoms with Crippen molar-refractivity contribution in [3.05, 3.63) is 0 Å². The van der Waals surface area contributed by atoms with Gasteiger partial charge in [-0.05, 0) is 70.8 Å². The highest BCUT2D eigenvalue weighted by molar-refractivity contribution is 5.89. The number of carbonyl (C=O) groups is 8. The number of nitrogens with one attached hydrogen (secondary N) is 9. The highest BCUT2D eigenvalue weighted by atomic mass is 16.7. The molecule has 4 saturated heterocycles. The average Bonchev–Trinajstić information content (AvgIpc) is 1.55. The minimum atomic E-state index is -1.46. The van der Waals surface area contributed by atoms with E-state index in [0.717, 1.165) is 51.4 Å². The molecule has 20 N–H and O–H groups in total. The van der Waals surface area contributed by atoms with Crippen LogP contribution in [0.1, 0.15) is 181 Å². The van der Waals surface area contributed by atoms with Gasteiger partial charge in [0.15, 0.2) is 18.9 Å². The molecule has 4 aliphatic heterocycles. The molecule has 596 valence electrons. The quantitative estimate of drug-likeness (QED) is 0.0256. The fourth-order valence-electron chi connectivity index (χ4n) is 12.6. The summed E-state index contributed by atoms with van der Waals surface area (Å²) in [5.74, 6) is -3.46. The molecule has 103 heavy (non-hydrogen) atoms. The summed E-state index contributed by atoms with van der Waals surface area (Å²) >= 11 is 0. The summed E-state index contributed by atoms with van der Waals surface area (Å²) in [6.07, 6.45) is -3.46. The minimum absolute atomic E-state index is 0.0547. The van der Waals surface area contributed by atoms with Gasteiger partial charge < -0.3 is 137 Å². The van der Waals surface area contributed by atoms with Gasteiger partial charge in [0.2, 0.25) is 47.3 Å². The maximum absolute atomic E-state index is 13.9. The molecular weight excluding hydrogens is 1360 g/mol. The van der Waals surface area contributed by atoms with E-state index in [2.05, 4.69) is 47.9 Å². The highest BCUT2D eigenvalue weighted by Crippen LogP contribution is 2.27.